The van der Waals surface area contributed by atoms with Crippen molar-refractivity contribution in [3.8, 4) is 11.5 Å². The van der Waals surface area contributed by atoms with Crippen LogP contribution in [0.5, 0.6) is 11.5 Å². The first-order valence-electron chi connectivity index (χ1n) is 7.11. The second kappa shape index (κ2) is 6.98. The van der Waals surface area contributed by atoms with Gasteiger partial charge in [0.2, 0.25) is 5.91 Å². The van der Waals surface area contributed by atoms with Crippen molar-refractivity contribution >= 4 is 11.8 Å². The number of methoxy groups -OCH3 is 2. The van der Waals surface area contributed by atoms with Gasteiger partial charge in [-0.1, -0.05) is 0 Å². The Balaban J connectivity index is 2.04. The number of amides is 2. The van der Waals surface area contributed by atoms with Crippen molar-refractivity contribution < 1.29 is 32.2 Å². The Morgan fingerprint density at radius 2 is 2.04 bits per heavy atom. The van der Waals surface area contributed by atoms with Gasteiger partial charge in [0.1, 0.15) is 18.0 Å². The zero-order valence-corrected chi connectivity index (χ0v) is 13.1. The van der Waals surface area contributed by atoms with Gasteiger partial charge in [0, 0.05) is 19.0 Å². The molecule has 1 N–H and O–H groups in total. The predicted octanol–water partition coefficient (Wildman–Crippen LogP) is 1.60. The molecule has 2 rings (SSSR count). The predicted molar refractivity (Wildman–Crippen MR) is 78.1 cm³/mol. The number of ether oxygens (including phenoxy) is 2. The molecular formula is C15H17F3N2O4. The Kier molecular flexibility index (Phi) is 5.20. The molecule has 0 aromatic heterocycles. The molecule has 1 fully saturated rings. The summed E-state index contributed by atoms with van der Waals surface area (Å²) in [5.74, 6) is -0.403. The molecule has 1 aliphatic rings. The molecule has 6 nitrogen and oxygen atoms in total. The molecular weight excluding hydrogens is 329 g/mol. The summed E-state index contributed by atoms with van der Waals surface area (Å²) in [6.07, 6.45) is -4.63. The van der Waals surface area contributed by atoms with Gasteiger partial charge < -0.3 is 19.7 Å². The number of carbonyl (C=O) groups is 2. The second-order valence-corrected chi connectivity index (χ2v) is 5.33. The van der Waals surface area contributed by atoms with E-state index in [4.69, 9.17) is 9.47 Å². The van der Waals surface area contributed by atoms with E-state index >= 15 is 0 Å². The third-order valence-electron chi connectivity index (χ3n) is 3.57. The van der Waals surface area contributed by atoms with Crippen molar-refractivity contribution in [2.45, 2.75) is 18.6 Å². The quantitative estimate of drug-likeness (QED) is 0.879. The molecule has 0 saturated carbocycles. The number of rotatable bonds is 5. The Bertz CT molecular complexity index is 634. The van der Waals surface area contributed by atoms with Crippen LogP contribution in [-0.4, -0.2) is 56.2 Å². The average molecular weight is 346 g/mol. The summed E-state index contributed by atoms with van der Waals surface area (Å²) in [4.78, 5) is 24.6. The van der Waals surface area contributed by atoms with Gasteiger partial charge in [-0.15, -0.1) is 0 Å². The van der Waals surface area contributed by atoms with Crippen molar-refractivity contribution in [1.29, 1.82) is 0 Å². The smallest absolute Gasteiger partial charge is 0.406 e. The molecule has 0 spiro atoms. The van der Waals surface area contributed by atoms with Crippen LogP contribution in [0.15, 0.2) is 18.2 Å². The van der Waals surface area contributed by atoms with Crippen molar-refractivity contribution in [2.75, 3.05) is 27.3 Å². The molecule has 1 heterocycles. The van der Waals surface area contributed by atoms with E-state index in [1.807, 2.05) is 0 Å². The van der Waals surface area contributed by atoms with E-state index in [9.17, 15) is 22.8 Å². The minimum absolute atomic E-state index is 0.166. The van der Waals surface area contributed by atoms with E-state index in [0.717, 1.165) is 0 Å². The Labute approximate surface area is 136 Å². The number of halogens is 3. The number of hydrogen-bond acceptors (Lipinski definition) is 4. The van der Waals surface area contributed by atoms with Gasteiger partial charge in [-0.2, -0.15) is 13.2 Å². The van der Waals surface area contributed by atoms with Crippen LogP contribution < -0.4 is 14.8 Å². The Hall–Kier alpha value is -2.45. The maximum absolute atomic E-state index is 12.4. The molecule has 2 amide bonds. The highest BCUT2D eigenvalue weighted by Crippen LogP contribution is 2.25. The zero-order chi connectivity index (χ0) is 17.9. The Morgan fingerprint density at radius 3 is 2.62 bits per heavy atom. The van der Waals surface area contributed by atoms with Gasteiger partial charge in [-0.05, 0) is 12.1 Å². The summed E-state index contributed by atoms with van der Waals surface area (Å²) in [5, 5.41) is 2.56. The van der Waals surface area contributed by atoms with E-state index in [1.54, 1.807) is 6.07 Å². The highest BCUT2D eigenvalue weighted by molar-refractivity contribution is 5.97. The van der Waals surface area contributed by atoms with Gasteiger partial charge in [0.05, 0.1) is 25.8 Å². The van der Waals surface area contributed by atoms with Gasteiger partial charge in [-0.25, -0.2) is 0 Å². The lowest BCUT2D eigenvalue weighted by molar-refractivity contribution is -0.157. The lowest BCUT2D eigenvalue weighted by Gasteiger charge is -2.19. The van der Waals surface area contributed by atoms with Crippen LogP contribution >= 0.6 is 0 Å². The first-order valence-corrected chi connectivity index (χ1v) is 7.11. The Morgan fingerprint density at radius 1 is 1.33 bits per heavy atom. The molecule has 1 atom stereocenters. The second-order valence-electron chi connectivity index (χ2n) is 5.33. The maximum atomic E-state index is 12.4. The number of likely N-dealkylation sites (tertiary alicyclic amines) is 1. The lowest BCUT2D eigenvalue weighted by Crippen LogP contribution is -2.39. The monoisotopic (exact) mass is 346 g/mol. The number of carbonyl (C=O) groups excluding carboxylic acids is 2. The molecule has 1 aliphatic heterocycles. The fraction of sp³-hybridized carbons (Fsp3) is 0.467. The minimum Gasteiger partial charge on any atom is -0.497 e. The third kappa shape index (κ3) is 4.30. The summed E-state index contributed by atoms with van der Waals surface area (Å²) >= 11 is 0. The normalized spacial score (nSPS) is 17.8. The number of hydrogen-bond donors (Lipinski definition) is 1. The van der Waals surface area contributed by atoms with Crippen molar-refractivity contribution in [3.05, 3.63) is 23.8 Å². The van der Waals surface area contributed by atoms with Crippen LogP contribution in [0.3, 0.4) is 0 Å². The molecule has 0 unspecified atom stereocenters. The molecule has 1 saturated heterocycles. The highest BCUT2D eigenvalue weighted by Gasteiger charge is 2.38. The summed E-state index contributed by atoms with van der Waals surface area (Å²) < 4.78 is 47.3. The molecule has 0 aliphatic carbocycles. The number of nitrogens with one attached hydrogen (secondary N) is 1. The minimum atomic E-state index is -4.46. The largest absolute Gasteiger partial charge is 0.497 e. The van der Waals surface area contributed by atoms with Gasteiger partial charge in [0.15, 0.2) is 0 Å². The first kappa shape index (κ1) is 17.9. The topological polar surface area (TPSA) is 67.9 Å². The first-order chi connectivity index (χ1) is 11.2. The van der Waals surface area contributed by atoms with Crippen LogP contribution in [0.1, 0.15) is 16.8 Å². The highest BCUT2D eigenvalue weighted by atomic mass is 19.4. The fourth-order valence-electron chi connectivity index (χ4n) is 2.49. The summed E-state index contributed by atoms with van der Waals surface area (Å²) in [6.45, 7) is -1.49. The molecule has 132 valence electrons. The van der Waals surface area contributed by atoms with Crippen LogP contribution in [0.2, 0.25) is 0 Å². The fourth-order valence-corrected chi connectivity index (χ4v) is 2.49. The van der Waals surface area contributed by atoms with E-state index in [-0.39, 0.29) is 24.3 Å². The third-order valence-corrected chi connectivity index (χ3v) is 3.57. The van der Waals surface area contributed by atoms with Crippen molar-refractivity contribution in [1.82, 2.24) is 10.2 Å². The average Bonchev–Trinajstić information content (AvgIpc) is 2.83. The van der Waals surface area contributed by atoms with E-state index < -0.39 is 30.6 Å². The lowest BCUT2D eigenvalue weighted by atomic mass is 10.1. The van der Waals surface area contributed by atoms with Crippen LogP contribution in [0, 0.1) is 0 Å². The molecule has 0 radical (unpaired) electrons. The number of alkyl halides is 3. The van der Waals surface area contributed by atoms with Crippen molar-refractivity contribution in [2.24, 2.45) is 0 Å². The van der Waals surface area contributed by atoms with Gasteiger partial charge in [-0.3, -0.25) is 9.59 Å². The maximum Gasteiger partial charge on any atom is 0.406 e. The number of nitrogens with zero attached hydrogens (tertiary/aromatic N) is 1. The zero-order valence-electron chi connectivity index (χ0n) is 13.1. The SMILES string of the molecule is COc1ccc(C(=O)N[C@@H]2CC(=O)N(CC(F)(F)F)C2)c(OC)c1. The van der Waals surface area contributed by atoms with Gasteiger partial charge in [0.25, 0.3) is 5.91 Å². The van der Waals surface area contributed by atoms with Crippen LogP contribution in [0.25, 0.3) is 0 Å². The summed E-state index contributed by atoms with van der Waals surface area (Å²) in [7, 11) is 2.85. The van der Waals surface area contributed by atoms with Crippen LogP contribution in [-0.2, 0) is 4.79 Å². The molecule has 24 heavy (non-hydrogen) atoms. The number of benzene rings is 1. The van der Waals surface area contributed by atoms with E-state index in [1.165, 1.54) is 26.4 Å². The summed E-state index contributed by atoms with van der Waals surface area (Å²) in [5.41, 5.74) is 0.208. The van der Waals surface area contributed by atoms with Crippen LogP contribution in [0.4, 0.5) is 13.2 Å². The van der Waals surface area contributed by atoms with E-state index in [0.29, 0.717) is 10.6 Å². The molecule has 0 bridgehead atoms. The van der Waals surface area contributed by atoms with E-state index in [2.05, 4.69) is 5.32 Å². The standard InChI is InChI=1S/C15H17F3N2O4/c1-23-10-3-4-11(12(6-10)24-2)14(22)19-9-5-13(21)20(7-9)8-15(16,17)18/h3-4,6,9H,5,7-8H2,1-2H3,(H,19,22)/t9-/m1/s1. The van der Waals surface area contributed by atoms with Gasteiger partial charge >= 0.3 is 6.18 Å². The molecule has 9 heteroatoms. The van der Waals surface area contributed by atoms with Crippen molar-refractivity contribution in [3.63, 3.8) is 0 Å². The summed E-state index contributed by atoms with van der Waals surface area (Å²) in [6, 6.07) is 3.88. The molecule has 1 aromatic rings. The molecule has 1 aromatic carbocycles.